The Morgan fingerprint density at radius 1 is 1.29 bits per heavy atom. The van der Waals surface area contributed by atoms with Crippen molar-refractivity contribution < 1.29 is 4.39 Å². The van der Waals surface area contributed by atoms with Crippen LogP contribution in [0.2, 0.25) is 0 Å². The quantitative estimate of drug-likeness (QED) is 0.602. The van der Waals surface area contributed by atoms with Crippen molar-refractivity contribution in [1.29, 1.82) is 0 Å². The van der Waals surface area contributed by atoms with Crippen LogP contribution in [0.25, 0.3) is 0 Å². The third-order valence-corrected chi connectivity index (χ3v) is 5.78. The molecule has 0 bridgehead atoms. The van der Waals surface area contributed by atoms with Gasteiger partial charge in [0.2, 0.25) is 0 Å². The number of thiophene rings is 1. The molecule has 1 aromatic carbocycles. The van der Waals surface area contributed by atoms with Crippen LogP contribution in [0.5, 0.6) is 0 Å². The maximum Gasteiger partial charge on any atom is 0.137 e. The minimum absolute atomic E-state index is 0.0652. The molecular formula is C13H11Br2FS. The van der Waals surface area contributed by atoms with E-state index in [4.69, 9.17) is 0 Å². The third kappa shape index (κ3) is 2.98. The number of aryl methyl sites for hydroxylation is 1. The normalized spacial score (nSPS) is 12.7. The van der Waals surface area contributed by atoms with E-state index in [9.17, 15) is 4.39 Å². The van der Waals surface area contributed by atoms with Gasteiger partial charge in [0.25, 0.3) is 0 Å². The molecule has 90 valence electrons. The molecule has 0 amide bonds. The Labute approximate surface area is 121 Å². The van der Waals surface area contributed by atoms with Crippen LogP contribution >= 0.6 is 43.2 Å². The highest BCUT2D eigenvalue weighted by Gasteiger charge is 2.14. The van der Waals surface area contributed by atoms with Crippen molar-refractivity contribution in [1.82, 2.24) is 0 Å². The van der Waals surface area contributed by atoms with Crippen LogP contribution < -0.4 is 0 Å². The Bertz CT molecular complexity index is 522. The van der Waals surface area contributed by atoms with Crippen LogP contribution in [0.4, 0.5) is 4.39 Å². The zero-order valence-corrected chi connectivity index (χ0v) is 13.2. The van der Waals surface area contributed by atoms with Crippen LogP contribution in [0.15, 0.2) is 34.8 Å². The van der Waals surface area contributed by atoms with E-state index in [0.29, 0.717) is 4.47 Å². The molecule has 2 rings (SSSR count). The average Bonchev–Trinajstić information content (AvgIpc) is 2.80. The van der Waals surface area contributed by atoms with Crippen LogP contribution in [0.1, 0.15) is 27.1 Å². The van der Waals surface area contributed by atoms with Gasteiger partial charge < -0.3 is 0 Å². The van der Waals surface area contributed by atoms with Crippen LogP contribution in [-0.4, -0.2) is 0 Å². The topological polar surface area (TPSA) is 0 Å². The van der Waals surface area contributed by atoms with Crippen LogP contribution in [0, 0.1) is 5.82 Å². The van der Waals surface area contributed by atoms with Gasteiger partial charge in [-0.05, 0) is 52.2 Å². The Hall–Kier alpha value is -0.190. The highest BCUT2D eigenvalue weighted by atomic mass is 79.9. The fourth-order valence-corrected chi connectivity index (χ4v) is 3.48. The molecule has 0 spiro atoms. The van der Waals surface area contributed by atoms with E-state index in [1.54, 1.807) is 23.5 Å². The summed E-state index contributed by atoms with van der Waals surface area (Å²) in [6.07, 6.45) is 1.04. The predicted molar refractivity (Wildman–Crippen MR) is 78.6 cm³/mol. The summed E-state index contributed by atoms with van der Waals surface area (Å²) in [7, 11) is 0. The minimum Gasteiger partial charge on any atom is -0.206 e. The predicted octanol–water partition coefficient (Wildman–Crippen LogP) is 5.70. The molecule has 4 heteroatoms. The Morgan fingerprint density at radius 3 is 2.65 bits per heavy atom. The maximum absolute atomic E-state index is 13.5. The highest BCUT2D eigenvalue weighted by molar-refractivity contribution is 9.10. The summed E-state index contributed by atoms with van der Waals surface area (Å²) < 4.78 is 14.0. The molecule has 1 unspecified atom stereocenters. The molecule has 0 aliphatic rings. The standard InChI is InChI=1S/C13H11Br2FS/c1-2-9-4-6-12(17-9)13(15)8-3-5-10(14)11(16)7-8/h3-7,13H,2H2,1H3. The maximum atomic E-state index is 13.5. The number of hydrogen-bond donors (Lipinski definition) is 0. The zero-order valence-electron chi connectivity index (χ0n) is 9.21. The number of benzene rings is 1. The van der Waals surface area contributed by atoms with E-state index in [-0.39, 0.29) is 10.6 Å². The number of hydrogen-bond acceptors (Lipinski definition) is 1. The van der Waals surface area contributed by atoms with Gasteiger partial charge in [0.05, 0.1) is 9.30 Å². The second kappa shape index (κ2) is 5.63. The summed E-state index contributed by atoms with van der Waals surface area (Å²) in [6.45, 7) is 2.14. The lowest BCUT2D eigenvalue weighted by Crippen LogP contribution is -1.91. The molecule has 17 heavy (non-hydrogen) atoms. The van der Waals surface area contributed by atoms with Crippen LogP contribution in [0.3, 0.4) is 0 Å². The van der Waals surface area contributed by atoms with Crippen molar-refractivity contribution >= 4 is 43.2 Å². The van der Waals surface area contributed by atoms with E-state index in [0.717, 1.165) is 12.0 Å². The average molecular weight is 378 g/mol. The van der Waals surface area contributed by atoms with Gasteiger partial charge in [-0.15, -0.1) is 11.3 Å². The van der Waals surface area contributed by atoms with Crippen molar-refractivity contribution in [2.45, 2.75) is 18.2 Å². The first-order chi connectivity index (χ1) is 8.11. The smallest absolute Gasteiger partial charge is 0.137 e. The number of rotatable bonds is 3. The second-order valence-corrected chi connectivity index (χ2v) is 6.66. The molecule has 0 saturated carbocycles. The molecule has 1 heterocycles. The van der Waals surface area contributed by atoms with E-state index >= 15 is 0 Å². The van der Waals surface area contributed by atoms with Crippen molar-refractivity contribution in [3.05, 3.63) is 55.9 Å². The summed E-state index contributed by atoms with van der Waals surface area (Å²) in [5.74, 6) is -0.223. The molecule has 0 aliphatic heterocycles. The van der Waals surface area contributed by atoms with E-state index in [1.165, 1.54) is 9.75 Å². The molecule has 0 radical (unpaired) electrons. The molecule has 0 N–H and O–H groups in total. The molecule has 1 atom stereocenters. The van der Waals surface area contributed by atoms with Gasteiger partial charge in [-0.25, -0.2) is 4.39 Å². The lowest BCUT2D eigenvalue weighted by molar-refractivity contribution is 0.619. The number of alkyl halides is 1. The van der Waals surface area contributed by atoms with Crippen molar-refractivity contribution in [3.8, 4) is 0 Å². The molecule has 2 aromatic rings. The Morgan fingerprint density at radius 2 is 2.06 bits per heavy atom. The van der Waals surface area contributed by atoms with Gasteiger partial charge in [-0.3, -0.25) is 0 Å². The van der Waals surface area contributed by atoms with Crippen molar-refractivity contribution in [3.63, 3.8) is 0 Å². The SMILES string of the molecule is CCc1ccc(C(Br)c2ccc(Br)c(F)c2)s1. The zero-order chi connectivity index (χ0) is 12.4. The molecular weight excluding hydrogens is 367 g/mol. The number of halogens is 3. The highest BCUT2D eigenvalue weighted by Crippen LogP contribution is 2.36. The van der Waals surface area contributed by atoms with E-state index in [2.05, 4.69) is 50.9 Å². The summed E-state index contributed by atoms with van der Waals surface area (Å²) >= 11 is 8.55. The summed E-state index contributed by atoms with van der Waals surface area (Å²) in [6, 6.07) is 9.46. The van der Waals surface area contributed by atoms with Gasteiger partial charge in [0.1, 0.15) is 5.82 Å². The summed E-state index contributed by atoms with van der Waals surface area (Å²) in [5.41, 5.74) is 0.940. The van der Waals surface area contributed by atoms with Crippen molar-refractivity contribution in [2.24, 2.45) is 0 Å². The van der Waals surface area contributed by atoms with Gasteiger partial charge in [-0.1, -0.05) is 28.9 Å². The summed E-state index contributed by atoms with van der Waals surface area (Å²) in [4.78, 5) is 2.63. The fraction of sp³-hybridized carbons (Fsp3) is 0.231. The lowest BCUT2D eigenvalue weighted by atomic mass is 10.1. The van der Waals surface area contributed by atoms with Crippen molar-refractivity contribution in [2.75, 3.05) is 0 Å². The third-order valence-electron chi connectivity index (χ3n) is 2.52. The lowest BCUT2D eigenvalue weighted by Gasteiger charge is -2.08. The van der Waals surface area contributed by atoms with Gasteiger partial charge in [-0.2, -0.15) is 0 Å². The monoisotopic (exact) mass is 376 g/mol. The molecule has 1 aromatic heterocycles. The fourth-order valence-electron chi connectivity index (χ4n) is 1.56. The molecule has 0 nitrogen and oxygen atoms in total. The van der Waals surface area contributed by atoms with Gasteiger partial charge in [0.15, 0.2) is 0 Å². The Kier molecular flexibility index (Phi) is 4.39. The molecule has 0 saturated heterocycles. The van der Waals surface area contributed by atoms with Crippen LogP contribution in [-0.2, 0) is 6.42 Å². The molecule has 0 aliphatic carbocycles. The first-order valence-electron chi connectivity index (χ1n) is 5.29. The van der Waals surface area contributed by atoms with E-state index in [1.807, 2.05) is 6.07 Å². The first kappa shape index (κ1) is 13.2. The molecule has 0 fully saturated rings. The summed E-state index contributed by atoms with van der Waals surface area (Å²) in [5, 5.41) is 0. The first-order valence-corrected chi connectivity index (χ1v) is 7.82. The second-order valence-electron chi connectivity index (χ2n) is 3.69. The van der Waals surface area contributed by atoms with Gasteiger partial charge in [0, 0.05) is 9.75 Å². The minimum atomic E-state index is -0.223. The van der Waals surface area contributed by atoms with E-state index < -0.39 is 0 Å². The van der Waals surface area contributed by atoms with Gasteiger partial charge >= 0.3 is 0 Å². The Balaban J connectivity index is 2.29. The largest absolute Gasteiger partial charge is 0.206 e.